The number of pyridine rings is 1. The monoisotopic (exact) mass is 220 g/mol. The van der Waals surface area contributed by atoms with Crippen LogP contribution in [0.25, 0.3) is 0 Å². The molecule has 1 aliphatic heterocycles. The summed E-state index contributed by atoms with van der Waals surface area (Å²) in [5.41, 5.74) is 1.21. The predicted molar refractivity (Wildman–Crippen MR) is 64.1 cm³/mol. The number of hydrogen-bond acceptors (Lipinski definition) is 3. The summed E-state index contributed by atoms with van der Waals surface area (Å²) >= 11 is 0. The van der Waals surface area contributed by atoms with Gasteiger partial charge in [0.25, 0.3) is 0 Å². The molecular formula is C13H20N2O. The third kappa shape index (κ3) is 3.91. The Balaban J connectivity index is 1.58. The Kier molecular flexibility index (Phi) is 4.77. The molecule has 1 unspecified atom stereocenters. The lowest BCUT2D eigenvalue weighted by Crippen LogP contribution is -2.30. The molecule has 2 rings (SSSR count). The Bertz CT molecular complexity index is 283. The summed E-state index contributed by atoms with van der Waals surface area (Å²) in [5, 5.41) is 3.43. The van der Waals surface area contributed by atoms with Crippen molar-refractivity contribution in [2.24, 2.45) is 5.92 Å². The second-order valence-corrected chi connectivity index (χ2v) is 4.41. The van der Waals surface area contributed by atoms with Gasteiger partial charge in [0.1, 0.15) is 0 Å². The van der Waals surface area contributed by atoms with E-state index in [1.807, 2.05) is 24.5 Å². The van der Waals surface area contributed by atoms with Gasteiger partial charge in [0.15, 0.2) is 0 Å². The molecule has 1 saturated heterocycles. The second kappa shape index (κ2) is 6.61. The number of piperidine rings is 1. The Morgan fingerprint density at radius 3 is 3.00 bits per heavy atom. The molecule has 0 bridgehead atoms. The zero-order chi connectivity index (χ0) is 11.1. The normalized spacial score (nSPS) is 20.9. The number of ether oxygens (including phenoxy) is 1. The highest BCUT2D eigenvalue weighted by Crippen LogP contribution is 2.14. The Labute approximate surface area is 97.2 Å². The van der Waals surface area contributed by atoms with E-state index in [0.29, 0.717) is 6.61 Å². The first kappa shape index (κ1) is 11.6. The summed E-state index contributed by atoms with van der Waals surface area (Å²) in [6.45, 7) is 3.93. The van der Waals surface area contributed by atoms with E-state index in [4.69, 9.17) is 4.74 Å². The molecule has 2 heterocycles. The van der Waals surface area contributed by atoms with Gasteiger partial charge in [-0.25, -0.2) is 0 Å². The molecular weight excluding hydrogens is 200 g/mol. The summed E-state index contributed by atoms with van der Waals surface area (Å²) in [6.07, 6.45) is 7.46. The van der Waals surface area contributed by atoms with E-state index in [-0.39, 0.29) is 0 Å². The van der Waals surface area contributed by atoms with Gasteiger partial charge in [-0.1, -0.05) is 0 Å². The van der Waals surface area contributed by atoms with E-state index in [0.717, 1.165) is 12.5 Å². The molecule has 88 valence electrons. The first-order valence-electron chi connectivity index (χ1n) is 6.12. The molecule has 0 saturated carbocycles. The van der Waals surface area contributed by atoms with Crippen LogP contribution in [0.3, 0.4) is 0 Å². The summed E-state index contributed by atoms with van der Waals surface area (Å²) in [6, 6.07) is 4.00. The van der Waals surface area contributed by atoms with Crippen LogP contribution >= 0.6 is 0 Å². The Morgan fingerprint density at radius 1 is 1.38 bits per heavy atom. The van der Waals surface area contributed by atoms with Gasteiger partial charge >= 0.3 is 0 Å². The zero-order valence-corrected chi connectivity index (χ0v) is 9.69. The molecule has 0 amide bonds. The average molecular weight is 220 g/mol. The SMILES string of the molecule is c1cc(COCCC2CCCNC2)ccn1. The lowest BCUT2D eigenvalue weighted by Gasteiger charge is -2.22. The molecule has 1 fully saturated rings. The summed E-state index contributed by atoms with van der Waals surface area (Å²) in [5.74, 6) is 0.811. The van der Waals surface area contributed by atoms with Crippen LogP contribution in [0, 0.1) is 5.92 Å². The molecule has 16 heavy (non-hydrogen) atoms. The summed E-state index contributed by atoms with van der Waals surface area (Å²) in [4.78, 5) is 3.98. The summed E-state index contributed by atoms with van der Waals surface area (Å²) in [7, 11) is 0. The van der Waals surface area contributed by atoms with E-state index in [1.54, 1.807) is 0 Å². The second-order valence-electron chi connectivity index (χ2n) is 4.41. The van der Waals surface area contributed by atoms with E-state index >= 15 is 0 Å². The number of nitrogens with one attached hydrogen (secondary N) is 1. The van der Waals surface area contributed by atoms with Crippen molar-refractivity contribution in [1.29, 1.82) is 0 Å². The molecule has 0 aromatic carbocycles. The minimum Gasteiger partial charge on any atom is -0.377 e. The first-order valence-corrected chi connectivity index (χ1v) is 6.12. The van der Waals surface area contributed by atoms with Crippen molar-refractivity contribution in [3.8, 4) is 0 Å². The average Bonchev–Trinajstić information content (AvgIpc) is 2.37. The molecule has 1 aromatic heterocycles. The van der Waals surface area contributed by atoms with Crippen molar-refractivity contribution in [2.45, 2.75) is 25.9 Å². The predicted octanol–water partition coefficient (Wildman–Crippen LogP) is 1.99. The van der Waals surface area contributed by atoms with Gasteiger partial charge < -0.3 is 10.1 Å². The highest BCUT2D eigenvalue weighted by atomic mass is 16.5. The third-order valence-corrected chi connectivity index (χ3v) is 3.09. The van der Waals surface area contributed by atoms with Crippen LogP contribution in [-0.2, 0) is 11.3 Å². The molecule has 1 aromatic rings. The summed E-state index contributed by atoms with van der Waals surface area (Å²) < 4.78 is 5.67. The van der Waals surface area contributed by atoms with Crippen LogP contribution in [0.1, 0.15) is 24.8 Å². The standard InChI is InChI=1S/C13H20N2O/c1-2-12(10-15-6-1)5-9-16-11-13-3-7-14-8-4-13/h3-4,7-8,12,15H,1-2,5-6,9-11H2. The largest absolute Gasteiger partial charge is 0.377 e. The number of nitrogens with zero attached hydrogens (tertiary/aromatic N) is 1. The van der Waals surface area contributed by atoms with Crippen molar-refractivity contribution >= 4 is 0 Å². The Morgan fingerprint density at radius 2 is 2.25 bits per heavy atom. The first-order chi connectivity index (χ1) is 7.95. The number of aromatic nitrogens is 1. The minimum absolute atomic E-state index is 0.711. The van der Waals surface area contributed by atoms with Crippen molar-refractivity contribution < 1.29 is 4.74 Å². The van der Waals surface area contributed by atoms with Gasteiger partial charge in [0.05, 0.1) is 6.61 Å². The number of rotatable bonds is 5. The highest BCUT2D eigenvalue weighted by Gasteiger charge is 2.11. The fourth-order valence-corrected chi connectivity index (χ4v) is 2.09. The fourth-order valence-electron chi connectivity index (χ4n) is 2.09. The van der Waals surface area contributed by atoms with Crippen molar-refractivity contribution in [3.05, 3.63) is 30.1 Å². The van der Waals surface area contributed by atoms with Gasteiger partial charge in [-0.05, 0) is 56.0 Å². The molecule has 1 atom stereocenters. The molecule has 0 spiro atoms. The molecule has 3 nitrogen and oxygen atoms in total. The van der Waals surface area contributed by atoms with E-state index in [2.05, 4.69) is 10.3 Å². The lowest BCUT2D eigenvalue weighted by molar-refractivity contribution is 0.103. The van der Waals surface area contributed by atoms with Gasteiger partial charge in [0, 0.05) is 19.0 Å². The molecule has 3 heteroatoms. The maximum atomic E-state index is 5.67. The molecule has 0 aliphatic carbocycles. The van der Waals surface area contributed by atoms with Crippen LogP contribution in [0.2, 0.25) is 0 Å². The quantitative estimate of drug-likeness (QED) is 0.771. The highest BCUT2D eigenvalue weighted by molar-refractivity contribution is 5.07. The van der Waals surface area contributed by atoms with Gasteiger partial charge in [-0.15, -0.1) is 0 Å². The minimum atomic E-state index is 0.711. The maximum Gasteiger partial charge on any atom is 0.0717 e. The molecule has 1 N–H and O–H groups in total. The third-order valence-electron chi connectivity index (χ3n) is 3.09. The number of hydrogen-bond donors (Lipinski definition) is 1. The van der Waals surface area contributed by atoms with E-state index in [9.17, 15) is 0 Å². The fraction of sp³-hybridized carbons (Fsp3) is 0.615. The Hall–Kier alpha value is -0.930. The van der Waals surface area contributed by atoms with Gasteiger partial charge in [0.2, 0.25) is 0 Å². The lowest BCUT2D eigenvalue weighted by atomic mass is 9.97. The van der Waals surface area contributed by atoms with Crippen molar-refractivity contribution in [1.82, 2.24) is 10.3 Å². The van der Waals surface area contributed by atoms with Crippen LogP contribution in [0.15, 0.2) is 24.5 Å². The van der Waals surface area contributed by atoms with Crippen LogP contribution in [0.5, 0.6) is 0 Å². The van der Waals surface area contributed by atoms with Crippen LogP contribution < -0.4 is 5.32 Å². The van der Waals surface area contributed by atoms with Gasteiger partial charge in [-0.2, -0.15) is 0 Å². The zero-order valence-electron chi connectivity index (χ0n) is 9.69. The van der Waals surface area contributed by atoms with Crippen LogP contribution in [-0.4, -0.2) is 24.7 Å². The molecule has 0 radical (unpaired) electrons. The van der Waals surface area contributed by atoms with E-state index < -0.39 is 0 Å². The topological polar surface area (TPSA) is 34.1 Å². The smallest absolute Gasteiger partial charge is 0.0717 e. The van der Waals surface area contributed by atoms with Gasteiger partial charge in [-0.3, -0.25) is 4.98 Å². The maximum absolute atomic E-state index is 5.67. The van der Waals surface area contributed by atoms with Crippen molar-refractivity contribution in [2.75, 3.05) is 19.7 Å². The van der Waals surface area contributed by atoms with E-state index in [1.165, 1.54) is 37.9 Å². The van der Waals surface area contributed by atoms with Crippen molar-refractivity contribution in [3.63, 3.8) is 0 Å². The molecule has 1 aliphatic rings. The van der Waals surface area contributed by atoms with Crippen LogP contribution in [0.4, 0.5) is 0 Å².